The molecule has 4 rings (SSSR count). The minimum Gasteiger partial charge on any atom is -0.426 e. The topological polar surface area (TPSA) is 191 Å². The number of β-lactam (4-membered cyclic amide) rings is 1. The summed E-state index contributed by atoms with van der Waals surface area (Å²) in [7, 11) is 0. The van der Waals surface area contributed by atoms with Gasteiger partial charge in [0, 0.05) is 36.5 Å². The zero-order valence-corrected chi connectivity index (χ0v) is 26.7. The van der Waals surface area contributed by atoms with Crippen molar-refractivity contribution in [2.24, 2.45) is 5.73 Å². The number of esters is 2. The first-order chi connectivity index (χ1) is 19.9. The van der Waals surface area contributed by atoms with Crippen molar-refractivity contribution < 1.29 is 38.6 Å². The number of amides is 2. The van der Waals surface area contributed by atoms with Crippen LogP contribution in [0.25, 0.3) is 0 Å². The Morgan fingerprint density at radius 1 is 1.21 bits per heavy atom. The molecule has 0 aliphatic carbocycles. The van der Waals surface area contributed by atoms with Crippen LogP contribution in [0.15, 0.2) is 39.9 Å². The number of aryl methyl sites for hydroxylation is 1. The van der Waals surface area contributed by atoms with Gasteiger partial charge in [-0.15, -0.1) is 34.4 Å². The lowest BCUT2D eigenvalue weighted by molar-refractivity contribution is -0.182. The zero-order valence-electron chi connectivity index (χ0n) is 23.5. The number of ketones is 1. The van der Waals surface area contributed by atoms with E-state index in [0.29, 0.717) is 21.4 Å². The molecular formula is C26H30ClN5O8S3. The number of Topliss-reactive ketones (excluding diaryl/α,β-unsaturated/α-hetero) is 1. The van der Waals surface area contributed by atoms with Crippen molar-refractivity contribution in [2.75, 3.05) is 11.5 Å². The van der Waals surface area contributed by atoms with Crippen molar-refractivity contribution in [2.45, 2.75) is 61.9 Å². The molecule has 17 heteroatoms. The average molecular weight is 672 g/mol. The van der Waals surface area contributed by atoms with E-state index in [1.54, 1.807) is 12.1 Å². The normalized spacial score (nSPS) is 19.7. The Kier molecular flexibility index (Phi) is 11.7. The minimum absolute atomic E-state index is 0. The van der Waals surface area contributed by atoms with E-state index in [0.717, 1.165) is 5.01 Å². The second kappa shape index (κ2) is 14.6. The largest absolute Gasteiger partial charge is 0.426 e. The third-order valence-corrected chi connectivity index (χ3v) is 9.60. The highest BCUT2D eigenvalue weighted by Gasteiger charge is 2.55. The number of carbonyl (C=O) groups is 5. The second-order valence-electron chi connectivity index (χ2n) is 9.45. The monoisotopic (exact) mass is 671 g/mol. The fraction of sp³-hybridized carbons (Fsp3) is 0.423. The maximum atomic E-state index is 13.3. The molecular weight excluding hydrogens is 642 g/mol. The van der Waals surface area contributed by atoms with Crippen molar-refractivity contribution >= 4 is 76.8 Å². The molecule has 1 aromatic heterocycles. The van der Waals surface area contributed by atoms with Gasteiger partial charge in [-0.1, -0.05) is 47.4 Å². The molecule has 13 nitrogen and oxygen atoms in total. The van der Waals surface area contributed by atoms with Crippen LogP contribution in [0.4, 0.5) is 0 Å². The molecule has 0 spiro atoms. The van der Waals surface area contributed by atoms with Gasteiger partial charge in [0.15, 0.2) is 16.2 Å². The van der Waals surface area contributed by atoms with Gasteiger partial charge in [0.05, 0.1) is 6.04 Å². The lowest BCUT2D eigenvalue weighted by Gasteiger charge is -2.50. The Balaban J connectivity index is 0.00000506. The Hall–Kier alpha value is -3.02. The standard InChI is InChI=1S/C26H29N5O8S3.ClH/c1-11(27)20(33)16-7-5-6-8-17(16)21(34)22(35)28-18-23(36)31-19(25(37)39-14(4)38-13(3)32)15(9-40-24(18)31)10-41-26-30-29-12(2)42-26;/h5-8,11,14,18,21,24,34H,9-10,27H2,1-4H3,(H,28,35);1H/t11-,14?,18?,21?,24-;/m0./s1. The van der Waals surface area contributed by atoms with Crippen molar-refractivity contribution in [3.05, 3.63) is 51.7 Å². The number of aliphatic hydroxyl groups excluding tert-OH is 1. The summed E-state index contributed by atoms with van der Waals surface area (Å²) in [6, 6.07) is 4.16. The molecule has 5 atom stereocenters. The molecule has 2 aliphatic rings. The van der Waals surface area contributed by atoms with Gasteiger partial charge in [0.2, 0.25) is 6.29 Å². The smallest absolute Gasteiger partial charge is 0.358 e. The summed E-state index contributed by atoms with van der Waals surface area (Å²) in [4.78, 5) is 64.7. The Bertz CT molecular complexity index is 1450. The highest BCUT2D eigenvalue weighted by molar-refractivity contribution is 8.01. The average Bonchev–Trinajstić information content (AvgIpc) is 3.37. The summed E-state index contributed by atoms with van der Waals surface area (Å²) in [5.74, 6) is -2.79. The fourth-order valence-electron chi connectivity index (χ4n) is 4.31. The number of fused-ring (bicyclic) bond motifs is 1. The van der Waals surface area contributed by atoms with Gasteiger partial charge in [0.25, 0.3) is 11.8 Å². The summed E-state index contributed by atoms with van der Waals surface area (Å²) < 4.78 is 10.9. The summed E-state index contributed by atoms with van der Waals surface area (Å²) in [5, 5.41) is 21.5. The predicted octanol–water partition coefficient (Wildman–Crippen LogP) is 1.73. The first-order valence-electron chi connectivity index (χ1n) is 12.7. The van der Waals surface area contributed by atoms with Crippen LogP contribution in [-0.4, -0.2) is 85.0 Å². The summed E-state index contributed by atoms with van der Waals surface area (Å²) in [5.41, 5.74) is 6.47. The molecule has 1 aromatic carbocycles. The van der Waals surface area contributed by atoms with Gasteiger partial charge in [-0.2, -0.15) is 0 Å². The van der Waals surface area contributed by atoms with E-state index in [1.165, 1.54) is 72.7 Å². The van der Waals surface area contributed by atoms with Gasteiger partial charge in [0.1, 0.15) is 22.1 Å². The molecule has 2 aromatic rings. The molecule has 1 saturated heterocycles. The van der Waals surface area contributed by atoms with Crippen molar-refractivity contribution in [1.82, 2.24) is 20.4 Å². The quantitative estimate of drug-likeness (QED) is 0.103. The number of rotatable bonds is 11. The molecule has 0 radical (unpaired) electrons. The molecule has 1 fully saturated rings. The Labute approximate surface area is 265 Å². The summed E-state index contributed by atoms with van der Waals surface area (Å²) >= 11 is 4.06. The number of nitrogens with two attached hydrogens (primary N) is 1. The number of nitrogens with zero attached hydrogens (tertiary/aromatic N) is 3. The van der Waals surface area contributed by atoms with Gasteiger partial charge < -0.3 is 25.6 Å². The van der Waals surface area contributed by atoms with Crippen LogP contribution in [0.1, 0.15) is 47.8 Å². The molecule has 43 heavy (non-hydrogen) atoms. The number of ether oxygens (including phenoxy) is 2. The molecule has 2 aliphatic heterocycles. The molecule has 0 saturated carbocycles. The molecule has 3 heterocycles. The SMILES string of the molecule is CC(=O)OC(C)OC(=O)C1=C(CSc2nnc(C)s2)CS[C@H]2C(NC(=O)C(O)c3ccccc3C(=O)[C@H](C)N)C(=O)N12.Cl. The van der Waals surface area contributed by atoms with Gasteiger partial charge >= 0.3 is 11.9 Å². The molecule has 0 bridgehead atoms. The summed E-state index contributed by atoms with van der Waals surface area (Å²) in [6.07, 6.45) is -2.94. The fourth-order valence-corrected chi connectivity index (χ4v) is 7.61. The lowest BCUT2D eigenvalue weighted by Crippen LogP contribution is -2.71. The molecule has 3 unspecified atom stereocenters. The number of hydrogen-bond donors (Lipinski definition) is 3. The van der Waals surface area contributed by atoms with E-state index < -0.39 is 59.4 Å². The Morgan fingerprint density at radius 2 is 1.91 bits per heavy atom. The van der Waals surface area contributed by atoms with Gasteiger partial charge in [-0.3, -0.25) is 24.1 Å². The van der Waals surface area contributed by atoms with E-state index in [2.05, 4.69) is 15.5 Å². The van der Waals surface area contributed by atoms with E-state index >= 15 is 0 Å². The zero-order chi connectivity index (χ0) is 30.7. The third kappa shape index (κ3) is 7.74. The van der Waals surface area contributed by atoms with E-state index in [9.17, 15) is 29.1 Å². The molecule has 2 amide bonds. The Morgan fingerprint density at radius 3 is 2.53 bits per heavy atom. The van der Waals surface area contributed by atoms with E-state index in [4.69, 9.17) is 15.2 Å². The van der Waals surface area contributed by atoms with Crippen molar-refractivity contribution in [3.8, 4) is 0 Å². The van der Waals surface area contributed by atoms with Crippen LogP contribution in [-0.2, 0) is 28.7 Å². The third-order valence-electron chi connectivity index (χ3n) is 6.20. The highest BCUT2D eigenvalue weighted by Crippen LogP contribution is 2.42. The summed E-state index contributed by atoms with van der Waals surface area (Å²) in [6.45, 7) is 5.87. The number of hydrogen-bond acceptors (Lipinski definition) is 14. The number of halogens is 1. The van der Waals surface area contributed by atoms with Crippen molar-refractivity contribution in [3.63, 3.8) is 0 Å². The first-order valence-corrected chi connectivity index (χ1v) is 15.6. The number of thioether (sulfide) groups is 2. The van der Waals surface area contributed by atoms with Gasteiger partial charge in [-0.05, 0) is 19.4 Å². The minimum atomic E-state index is -1.74. The molecule has 232 valence electrons. The number of benzene rings is 1. The number of aliphatic hydroxyl groups is 1. The molecule has 4 N–H and O–H groups in total. The van der Waals surface area contributed by atoms with Crippen LogP contribution < -0.4 is 11.1 Å². The van der Waals surface area contributed by atoms with Gasteiger partial charge in [-0.25, -0.2) is 4.79 Å². The van der Waals surface area contributed by atoms with Crippen LogP contribution in [0.2, 0.25) is 0 Å². The maximum Gasteiger partial charge on any atom is 0.358 e. The lowest BCUT2D eigenvalue weighted by atomic mass is 9.95. The predicted molar refractivity (Wildman–Crippen MR) is 161 cm³/mol. The van der Waals surface area contributed by atoms with E-state index in [-0.39, 0.29) is 29.2 Å². The highest BCUT2D eigenvalue weighted by atomic mass is 35.5. The second-order valence-corrected chi connectivity index (χ2v) is 13.0. The van der Waals surface area contributed by atoms with Crippen molar-refractivity contribution in [1.29, 1.82) is 0 Å². The maximum absolute atomic E-state index is 13.3. The van der Waals surface area contributed by atoms with Crippen LogP contribution in [0.3, 0.4) is 0 Å². The first kappa shape index (κ1) is 34.5. The van der Waals surface area contributed by atoms with E-state index in [1.807, 2.05) is 6.92 Å². The van der Waals surface area contributed by atoms with Crippen LogP contribution in [0, 0.1) is 6.92 Å². The number of nitrogens with one attached hydrogen (secondary N) is 1. The van der Waals surface area contributed by atoms with Crippen LogP contribution >= 0.6 is 47.3 Å². The number of aromatic nitrogens is 2. The number of carbonyl (C=O) groups excluding carboxylic acids is 5. The van der Waals surface area contributed by atoms with Crippen LogP contribution in [0.5, 0.6) is 0 Å².